The van der Waals surface area contributed by atoms with Crippen molar-refractivity contribution in [2.24, 2.45) is 0 Å². The molecule has 0 saturated heterocycles. The van der Waals surface area contributed by atoms with Gasteiger partial charge in [-0.15, -0.1) is 0 Å². The largest absolute Gasteiger partial charge is 0.355 e. The topological polar surface area (TPSA) is 41.1 Å². The molecule has 1 amide bonds. The molecule has 1 aromatic rings. The number of likely N-dealkylation sites (N-methyl/N-ethyl adjacent to an activating group) is 1. The summed E-state index contributed by atoms with van der Waals surface area (Å²) in [5, 5.41) is 5.85. The van der Waals surface area contributed by atoms with Crippen molar-refractivity contribution < 1.29 is 4.79 Å². The fourth-order valence-corrected chi connectivity index (χ4v) is 1.56. The van der Waals surface area contributed by atoms with Gasteiger partial charge < -0.3 is 10.6 Å². The third-order valence-electron chi connectivity index (χ3n) is 2.18. The van der Waals surface area contributed by atoms with Crippen LogP contribution in [-0.2, 0) is 11.2 Å². The van der Waals surface area contributed by atoms with Gasteiger partial charge in [0.2, 0.25) is 5.91 Å². The number of carbonyl (C=O) groups is 1. The van der Waals surface area contributed by atoms with Crippen molar-refractivity contribution in [1.82, 2.24) is 10.6 Å². The highest BCUT2D eigenvalue weighted by Crippen LogP contribution is 2.10. The maximum Gasteiger partial charge on any atom is 0.233 e. The number of halogens is 1. The molecule has 0 fully saturated rings. The van der Waals surface area contributed by atoms with Crippen molar-refractivity contribution in [3.63, 3.8) is 0 Å². The van der Waals surface area contributed by atoms with E-state index in [0.717, 1.165) is 17.4 Å². The van der Waals surface area contributed by atoms with Crippen molar-refractivity contribution in [1.29, 1.82) is 0 Å². The first-order valence-electron chi connectivity index (χ1n) is 5.44. The molecule has 0 radical (unpaired) electrons. The molecule has 0 aliphatic rings. The van der Waals surface area contributed by atoms with Gasteiger partial charge >= 0.3 is 0 Å². The molecule has 0 saturated carbocycles. The molecule has 0 aliphatic carbocycles. The van der Waals surface area contributed by atoms with Gasteiger partial charge in [-0.3, -0.25) is 4.79 Å². The third-order valence-corrected chi connectivity index (χ3v) is 2.71. The van der Waals surface area contributed by atoms with Gasteiger partial charge in [-0.1, -0.05) is 35.0 Å². The first kappa shape index (κ1) is 13.2. The second-order valence-electron chi connectivity index (χ2n) is 3.51. The molecule has 0 unspecified atom stereocenters. The summed E-state index contributed by atoms with van der Waals surface area (Å²) in [4.78, 5) is 11.3. The highest BCUT2D eigenvalue weighted by atomic mass is 79.9. The molecule has 2 N–H and O–H groups in total. The number of carbonyl (C=O) groups excluding carboxylic acids is 1. The van der Waals surface area contributed by atoms with E-state index in [0.29, 0.717) is 13.1 Å². The Labute approximate surface area is 105 Å². The zero-order valence-electron chi connectivity index (χ0n) is 9.42. The van der Waals surface area contributed by atoms with Crippen molar-refractivity contribution in [2.45, 2.75) is 13.3 Å². The van der Waals surface area contributed by atoms with Crippen LogP contribution in [0.5, 0.6) is 0 Å². The first-order chi connectivity index (χ1) is 7.72. The molecule has 0 spiro atoms. The van der Waals surface area contributed by atoms with E-state index in [2.05, 4.69) is 38.7 Å². The van der Waals surface area contributed by atoms with E-state index < -0.39 is 0 Å². The van der Waals surface area contributed by atoms with Crippen LogP contribution in [0.3, 0.4) is 0 Å². The average molecular weight is 285 g/mol. The van der Waals surface area contributed by atoms with Crippen LogP contribution in [0, 0.1) is 0 Å². The summed E-state index contributed by atoms with van der Waals surface area (Å²) in [6, 6.07) is 8.13. The quantitative estimate of drug-likeness (QED) is 0.835. The predicted octanol–water partition coefficient (Wildman–Crippen LogP) is 1.72. The molecule has 1 aromatic carbocycles. The molecule has 0 aromatic heterocycles. The molecule has 88 valence electrons. The highest BCUT2D eigenvalue weighted by Gasteiger charge is 1.99. The molecule has 0 atom stereocenters. The number of benzene rings is 1. The number of rotatable bonds is 6. The zero-order chi connectivity index (χ0) is 11.8. The van der Waals surface area contributed by atoms with Crippen molar-refractivity contribution >= 4 is 21.8 Å². The van der Waals surface area contributed by atoms with Crippen molar-refractivity contribution in [3.05, 3.63) is 34.3 Å². The van der Waals surface area contributed by atoms with Crippen LogP contribution in [0.1, 0.15) is 12.5 Å². The zero-order valence-corrected chi connectivity index (χ0v) is 11.0. The van der Waals surface area contributed by atoms with E-state index in [-0.39, 0.29) is 5.91 Å². The lowest BCUT2D eigenvalue weighted by Gasteiger charge is -2.05. The molecular weight excluding hydrogens is 268 g/mol. The maximum absolute atomic E-state index is 11.3. The normalized spacial score (nSPS) is 10.1. The highest BCUT2D eigenvalue weighted by molar-refractivity contribution is 9.10. The lowest BCUT2D eigenvalue weighted by molar-refractivity contribution is -0.120. The summed E-state index contributed by atoms with van der Waals surface area (Å²) >= 11 is 3.39. The second kappa shape index (κ2) is 7.41. The maximum atomic E-state index is 11.3. The average Bonchev–Trinajstić information content (AvgIpc) is 2.29. The van der Waals surface area contributed by atoms with Gasteiger partial charge in [0, 0.05) is 11.0 Å². The van der Waals surface area contributed by atoms with Crippen LogP contribution in [0.2, 0.25) is 0 Å². The van der Waals surface area contributed by atoms with E-state index in [1.54, 1.807) is 0 Å². The van der Waals surface area contributed by atoms with Gasteiger partial charge in [-0.25, -0.2) is 0 Å². The first-order valence-corrected chi connectivity index (χ1v) is 6.23. The summed E-state index contributed by atoms with van der Waals surface area (Å²) < 4.78 is 1.08. The van der Waals surface area contributed by atoms with Crippen LogP contribution >= 0.6 is 15.9 Å². The Bertz CT molecular complexity index is 324. The van der Waals surface area contributed by atoms with Crippen molar-refractivity contribution in [2.75, 3.05) is 19.6 Å². The lowest BCUT2D eigenvalue weighted by atomic mass is 10.1. The van der Waals surface area contributed by atoms with Gasteiger partial charge in [0.25, 0.3) is 0 Å². The van der Waals surface area contributed by atoms with E-state index >= 15 is 0 Å². The Morgan fingerprint density at radius 2 is 2.00 bits per heavy atom. The lowest BCUT2D eigenvalue weighted by Crippen LogP contribution is -2.34. The molecule has 1 rings (SSSR count). The van der Waals surface area contributed by atoms with Crippen LogP contribution in [0.4, 0.5) is 0 Å². The van der Waals surface area contributed by atoms with Gasteiger partial charge in [0.1, 0.15) is 0 Å². The fourth-order valence-electron chi connectivity index (χ4n) is 1.30. The smallest absolute Gasteiger partial charge is 0.233 e. The predicted molar refractivity (Wildman–Crippen MR) is 69.4 cm³/mol. The molecule has 0 heterocycles. The van der Waals surface area contributed by atoms with Crippen molar-refractivity contribution in [3.8, 4) is 0 Å². The SMILES string of the molecule is CCNCC(=O)NCCc1ccc(Br)cc1. The summed E-state index contributed by atoms with van der Waals surface area (Å²) in [5.41, 5.74) is 1.23. The Balaban J connectivity index is 2.20. The Morgan fingerprint density at radius 3 is 2.62 bits per heavy atom. The molecule has 16 heavy (non-hydrogen) atoms. The minimum Gasteiger partial charge on any atom is -0.355 e. The minimum absolute atomic E-state index is 0.0546. The van der Waals surface area contributed by atoms with Crippen LogP contribution in [-0.4, -0.2) is 25.5 Å². The Morgan fingerprint density at radius 1 is 1.31 bits per heavy atom. The van der Waals surface area contributed by atoms with E-state index in [4.69, 9.17) is 0 Å². The number of nitrogens with one attached hydrogen (secondary N) is 2. The molecule has 3 nitrogen and oxygen atoms in total. The summed E-state index contributed by atoms with van der Waals surface area (Å²) in [6.07, 6.45) is 0.866. The monoisotopic (exact) mass is 284 g/mol. The van der Waals surface area contributed by atoms with Crippen LogP contribution in [0.15, 0.2) is 28.7 Å². The van der Waals surface area contributed by atoms with E-state index in [9.17, 15) is 4.79 Å². The number of hydrogen-bond donors (Lipinski definition) is 2. The van der Waals surface area contributed by atoms with Gasteiger partial charge in [-0.2, -0.15) is 0 Å². The molecule has 0 aliphatic heterocycles. The standard InChI is InChI=1S/C12H17BrN2O/c1-2-14-9-12(16)15-8-7-10-3-5-11(13)6-4-10/h3-6,14H,2,7-9H2,1H3,(H,15,16). The van der Waals surface area contributed by atoms with E-state index in [1.807, 2.05) is 19.1 Å². The van der Waals surface area contributed by atoms with Crippen LogP contribution in [0.25, 0.3) is 0 Å². The minimum atomic E-state index is 0.0546. The summed E-state index contributed by atoms with van der Waals surface area (Å²) in [6.45, 7) is 3.89. The second-order valence-corrected chi connectivity index (χ2v) is 4.42. The summed E-state index contributed by atoms with van der Waals surface area (Å²) in [7, 11) is 0. The Hall–Kier alpha value is -0.870. The molecule has 4 heteroatoms. The summed E-state index contributed by atoms with van der Waals surface area (Å²) in [5.74, 6) is 0.0546. The van der Waals surface area contributed by atoms with Gasteiger partial charge in [0.05, 0.1) is 6.54 Å². The number of hydrogen-bond acceptors (Lipinski definition) is 2. The molecular formula is C12H17BrN2O. The van der Waals surface area contributed by atoms with Gasteiger partial charge in [0.15, 0.2) is 0 Å². The van der Waals surface area contributed by atoms with Gasteiger partial charge in [-0.05, 0) is 30.7 Å². The van der Waals surface area contributed by atoms with E-state index in [1.165, 1.54) is 5.56 Å². The Kier molecular flexibility index (Phi) is 6.11. The van der Waals surface area contributed by atoms with Crippen LogP contribution < -0.4 is 10.6 Å². The number of amides is 1. The molecule has 0 bridgehead atoms. The third kappa shape index (κ3) is 5.28. The fraction of sp³-hybridized carbons (Fsp3) is 0.417.